The Morgan fingerprint density at radius 3 is 2.65 bits per heavy atom. The highest BCUT2D eigenvalue weighted by Gasteiger charge is 2.23. The average molecular weight is 271 g/mol. The van der Waals surface area contributed by atoms with E-state index in [4.69, 9.17) is 5.26 Å². The van der Waals surface area contributed by atoms with E-state index in [-0.39, 0.29) is 12.1 Å². The molecule has 1 aromatic heterocycles. The maximum absolute atomic E-state index is 12.2. The van der Waals surface area contributed by atoms with E-state index in [2.05, 4.69) is 5.10 Å². The number of carboxylic acid groups (broad SMARTS) is 1. The molecule has 20 heavy (non-hydrogen) atoms. The monoisotopic (exact) mass is 271 g/mol. The summed E-state index contributed by atoms with van der Waals surface area (Å²) in [5.41, 5.74) is -0.0587. The third-order valence-corrected chi connectivity index (χ3v) is 3.15. The predicted molar refractivity (Wildman–Crippen MR) is 72.3 cm³/mol. The van der Waals surface area contributed by atoms with Crippen molar-refractivity contribution in [3.63, 3.8) is 0 Å². The van der Waals surface area contributed by atoms with Gasteiger partial charge in [0.15, 0.2) is 0 Å². The number of benzene rings is 1. The molecule has 6 heteroatoms. The first-order valence-corrected chi connectivity index (χ1v) is 6.19. The number of hydrogen-bond donors (Lipinski definition) is 1. The van der Waals surface area contributed by atoms with Crippen LogP contribution in [0.4, 0.5) is 0 Å². The van der Waals surface area contributed by atoms with Crippen LogP contribution in [0.3, 0.4) is 0 Å². The van der Waals surface area contributed by atoms with Gasteiger partial charge in [0.2, 0.25) is 0 Å². The number of nitriles is 1. The molecule has 0 radical (unpaired) electrons. The zero-order chi connectivity index (χ0) is 14.7. The summed E-state index contributed by atoms with van der Waals surface area (Å²) in [4.78, 5) is 23.5. The third-order valence-electron chi connectivity index (χ3n) is 3.15. The van der Waals surface area contributed by atoms with E-state index in [1.54, 1.807) is 31.2 Å². The van der Waals surface area contributed by atoms with E-state index < -0.39 is 11.9 Å². The Balaban J connectivity index is 2.82. The van der Waals surface area contributed by atoms with Crippen LogP contribution in [0.2, 0.25) is 0 Å². The molecule has 0 aliphatic carbocycles. The maximum Gasteiger partial charge on any atom is 0.312 e. The lowest BCUT2D eigenvalue weighted by Gasteiger charge is -2.13. The van der Waals surface area contributed by atoms with Crippen LogP contribution in [0.5, 0.6) is 0 Å². The van der Waals surface area contributed by atoms with Gasteiger partial charge in [0, 0.05) is 5.39 Å². The fourth-order valence-electron chi connectivity index (χ4n) is 2.18. The number of rotatable bonds is 4. The van der Waals surface area contributed by atoms with Gasteiger partial charge < -0.3 is 5.11 Å². The van der Waals surface area contributed by atoms with Crippen molar-refractivity contribution in [3.05, 3.63) is 40.3 Å². The summed E-state index contributed by atoms with van der Waals surface area (Å²) in [5.74, 6) is -1.79. The molecule has 2 rings (SSSR count). The molecule has 0 fully saturated rings. The highest BCUT2D eigenvalue weighted by Crippen LogP contribution is 2.24. The lowest BCUT2D eigenvalue weighted by molar-refractivity contribution is -0.138. The summed E-state index contributed by atoms with van der Waals surface area (Å²) in [5, 5.41) is 23.0. The molecule has 0 spiro atoms. The fraction of sp³-hybridized carbons (Fsp3) is 0.286. The zero-order valence-corrected chi connectivity index (χ0v) is 10.9. The average Bonchev–Trinajstić information content (AvgIpc) is 2.44. The van der Waals surface area contributed by atoms with Crippen LogP contribution < -0.4 is 5.56 Å². The zero-order valence-electron chi connectivity index (χ0n) is 10.9. The van der Waals surface area contributed by atoms with Crippen LogP contribution in [-0.4, -0.2) is 20.9 Å². The van der Waals surface area contributed by atoms with Gasteiger partial charge in [0.25, 0.3) is 5.56 Å². The first-order chi connectivity index (χ1) is 9.60. The predicted octanol–water partition coefficient (Wildman–Crippen LogP) is 1.50. The molecule has 0 aliphatic rings. The van der Waals surface area contributed by atoms with Gasteiger partial charge in [-0.1, -0.05) is 25.1 Å². The number of carbonyl (C=O) groups is 1. The van der Waals surface area contributed by atoms with Crippen LogP contribution in [0.15, 0.2) is 29.1 Å². The SMILES string of the molecule is CCC(C(=O)O)c1nn(CC#N)c(=O)c2ccccc12. The Morgan fingerprint density at radius 1 is 1.45 bits per heavy atom. The number of carboxylic acids is 1. The number of aliphatic carboxylic acids is 1. The minimum Gasteiger partial charge on any atom is -0.481 e. The molecule has 1 N–H and O–H groups in total. The minimum atomic E-state index is -0.993. The van der Waals surface area contributed by atoms with Crippen LogP contribution >= 0.6 is 0 Å². The molecule has 2 aromatic rings. The van der Waals surface area contributed by atoms with Crippen molar-refractivity contribution >= 4 is 16.7 Å². The van der Waals surface area contributed by atoms with E-state index in [9.17, 15) is 14.7 Å². The molecular weight excluding hydrogens is 258 g/mol. The van der Waals surface area contributed by atoms with Crippen molar-refractivity contribution in [2.75, 3.05) is 0 Å². The molecule has 102 valence electrons. The van der Waals surface area contributed by atoms with Crippen molar-refractivity contribution in [1.82, 2.24) is 9.78 Å². The van der Waals surface area contributed by atoms with Crippen LogP contribution in [0.25, 0.3) is 10.8 Å². The molecule has 0 aliphatic heterocycles. The highest BCUT2D eigenvalue weighted by molar-refractivity contribution is 5.88. The molecule has 1 heterocycles. The molecule has 0 bridgehead atoms. The van der Waals surface area contributed by atoms with Gasteiger partial charge in [-0.05, 0) is 12.5 Å². The normalized spacial score (nSPS) is 12.0. The maximum atomic E-state index is 12.2. The molecule has 1 aromatic carbocycles. The topological polar surface area (TPSA) is 96.0 Å². The molecular formula is C14H13N3O3. The molecule has 1 unspecified atom stereocenters. The first-order valence-electron chi connectivity index (χ1n) is 6.19. The second-order valence-electron chi connectivity index (χ2n) is 4.35. The largest absolute Gasteiger partial charge is 0.481 e. The van der Waals surface area contributed by atoms with Crippen LogP contribution in [0.1, 0.15) is 25.0 Å². The summed E-state index contributed by atoms with van der Waals surface area (Å²) in [6.07, 6.45) is 0.358. The molecule has 0 amide bonds. The Labute approximate surface area is 114 Å². The molecule has 0 saturated heterocycles. The third kappa shape index (κ3) is 2.26. The van der Waals surface area contributed by atoms with E-state index in [1.807, 2.05) is 6.07 Å². The van der Waals surface area contributed by atoms with E-state index in [0.717, 1.165) is 4.68 Å². The van der Waals surface area contributed by atoms with Gasteiger partial charge in [-0.15, -0.1) is 0 Å². The Bertz CT molecular complexity index is 758. The standard InChI is InChI=1S/C14H13N3O3/c1-2-9(14(19)20)12-10-5-3-4-6-11(10)13(18)17(16-12)8-7-15/h3-6,9H,2,8H2,1H3,(H,19,20). The van der Waals surface area contributed by atoms with Gasteiger partial charge in [-0.3, -0.25) is 9.59 Å². The molecule has 0 saturated carbocycles. The van der Waals surface area contributed by atoms with Crippen molar-refractivity contribution in [3.8, 4) is 6.07 Å². The lowest BCUT2D eigenvalue weighted by atomic mass is 9.97. The number of fused-ring (bicyclic) bond motifs is 1. The minimum absolute atomic E-state index is 0.202. The number of hydrogen-bond acceptors (Lipinski definition) is 4. The quantitative estimate of drug-likeness (QED) is 0.909. The summed E-state index contributed by atoms with van der Waals surface area (Å²) in [6, 6.07) is 8.59. The van der Waals surface area contributed by atoms with Crippen molar-refractivity contribution in [2.45, 2.75) is 25.8 Å². The van der Waals surface area contributed by atoms with E-state index in [0.29, 0.717) is 22.9 Å². The van der Waals surface area contributed by atoms with Crippen molar-refractivity contribution < 1.29 is 9.90 Å². The lowest BCUT2D eigenvalue weighted by Crippen LogP contribution is -2.26. The number of nitrogens with zero attached hydrogens (tertiary/aromatic N) is 3. The summed E-state index contributed by atoms with van der Waals surface area (Å²) < 4.78 is 1.02. The summed E-state index contributed by atoms with van der Waals surface area (Å²) >= 11 is 0. The van der Waals surface area contributed by atoms with Gasteiger partial charge in [-0.2, -0.15) is 10.4 Å². The second kappa shape index (κ2) is 5.53. The highest BCUT2D eigenvalue weighted by atomic mass is 16.4. The van der Waals surface area contributed by atoms with Crippen LogP contribution in [-0.2, 0) is 11.3 Å². The Morgan fingerprint density at radius 2 is 2.10 bits per heavy atom. The van der Waals surface area contributed by atoms with Crippen molar-refractivity contribution in [1.29, 1.82) is 5.26 Å². The van der Waals surface area contributed by atoms with E-state index in [1.165, 1.54) is 0 Å². The van der Waals surface area contributed by atoms with Crippen LogP contribution in [0, 0.1) is 11.3 Å². The molecule has 1 atom stereocenters. The molecule has 6 nitrogen and oxygen atoms in total. The van der Waals surface area contributed by atoms with Gasteiger partial charge in [0.05, 0.1) is 17.1 Å². The fourth-order valence-corrected chi connectivity index (χ4v) is 2.18. The Hall–Kier alpha value is -2.68. The van der Waals surface area contributed by atoms with E-state index >= 15 is 0 Å². The summed E-state index contributed by atoms with van der Waals surface area (Å²) in [7, 11) is 0. The Kier molecular flexibility index (Phi) is 3.80. The van der Waals surface area contributed by atoms with Gasteiger partial charge in [-0.25, -0.2) is 4.68 Å². The smallest absolute Gasteiger partial charge is 0.312 e. The van der Waals surface area contributed by atoms with Gasteiger partial charge in [0.1, 0.15) is 12.5 Å². The number of aromatic nitrogens is 2. The first kappa shape index (κ1) is 13.7. The second-order valence-corrected chi connectivity index (χ2v) is 4.35. The summed E-state index contributed by atoms with van der Waals surface area (Å²) in [6.45, 7) is 1.54. The van der Waals surface area contributed by atoms with Crippen molar-refractivity contribution in [2.24, 2.45) is 0 Å². The van der Waals surface area contributed by atoms with Gasteiger partial charge >= 0.3 is 5.97 Å².